The Morgan fingerprint density at radius 2 is 1.87 bits per heavy atom. The van der Waals surface area contributed by atoms with Crippen molar-refractivity contribution in [1.29, 1.82) is 0 Å². The predicted octanol–water partition coefficient (Wildman–Crippen LogP) is 4.63. The van der Waals surface area contributed by atoms with E-state index >= 15 is 0 Å². The smallest absolute Gasteiger partial charge is 0.270 e. The zero-order chi connectivity index (χ0) is 16.4. The van der Waals surface area contributed by atoms with Crippen LogP contribution in [-0.2, 0) is 0 Å². The summed E-state index contributed by atoms with van der Waals surface area (Å²) >= 11 is 1.56. The van der Waals surface area contributed by atoms with Crippen LogP contribution in [0.15, 0.2) is 53.5 Å². The van der Waals surface area contributed by atoms with Crippen LogP contribution in [0.1, 0.15) is 4.88 Å². The molecule has 0 aliphatic heterocycles. The molecule has 0 aliphatic rings. The van der Waals surface area contributed by atoms with Crippen LogP contribution in [0.5, 0.6) is 0 Å². The van der Waals surface area contributed by atoms with E-state index in [1.807, 2.05) is 49.3 Å². The monoisotopic (exact) mass is 325 g/mol. The van der Waals surface area contributed by atoms with Crippen molar-refractivity contribution in [3.05, 3.63) is 63.5 Å². The molecule has 0 aliphatic carbocycles. The van der Waals surface area contributed by atoms with Gasteiger partial charge in [0.05, 0.1) is 10.6 Å². The summed E-state index contributed by atoms with van der Waals surface area (Å²) in [6.07, 6.45) is 1.79. The van der Waals surface area contributed by atoms with E-state index in [1.54, 1.807) is 29.7 Å². The van der Waals surface area contributed by atoms with Crippen LogP contribution < -0.4 is 4.90 Å². The summed E-state index contributed by atoms with van der Waals surface area (Å²) in [6.45, 7) is 0. The number of hydrogen-bond acceptors (Lipinski definition) is 5. The van der Waals surface area contributed by atoms with Crippen molar-refractivity contribution in [3.63, 3.8) is 0 Å². The van der Waals surface area contributed by atoms with Gasteiger partial charge in [-0.15, -0.1) is 11.3 Å². The maximum Gasteiger partial charge on any atom is 0.270 e. The van der Waals surface area contributed by atoms with Crippen molar-refractivity contribution in [2.75, 3.05) is 19.0 Å². The largest absolute Gasteiger partial charge is 0.378 e. The molecule has 0 unspecified atom stereocenters. The SMILES string of the molecule is CN(C)c1ccc(N=Cc2cc3cc([N+](=O)[O-])ccc3s2)cc1. The molecule has 5 nitrogen and oxygen atoms in total. The van der Waals surface area contributed by atoms with Gasteiger partial charge in [0.1, 0.15) is 0 Å². The number of benzene rings is 2. The summed E-state index contributed by atoms with van der Waals surface area (Å²) < 4.78 is 1.01. The molecule has 3 aromatic rings. The summed E-state index contributed by atoms with van der Waals surface area (Å²) in [4.78, 5) is 17.9. The van der Waals surface area contributed by atoms with E-state index in [4.69, 9.17) is 0 Å². The molecule has 0 amide bonds. The molecule has 0 N–H and O–H groups in total. The molecule has 0 bridgehead atoms. The van der Waals surface area contributed by atoms with Crippen LogP contribution in [0, 0.1) is 10.1 Å². The van der Waals surface area contributed by atoms with E-state index in [-0.39, 0.29) is 10.6 Å². The van der Waals surface area contributed by atoms with Gasteiger partial charge < -0.3 is 4.90 Å². The number of hydrogen-bond donors (Lipinski definition) is 0. The lowest BCUT2D eigenvalue weighted by atomic mass is 10.2. The number of anilines is 1. The summed E-state index contributed by atoms with van der Waals surface area (Å²) in [7, 11) is 3.99. The Hall–Kier alpha value is -2.73. The third-order valence-electron chi connectivity index (χ3n) is 3.44. The molecule has 0 saturated carbocycles. The van der Waals surface area contributed by atoms with Gasteiger partial charge in [0, 0.05) is 47.7 Å². The van der Waals surface area contributed by atoms with E-state index < -0.39 is 0 Å². The number of fused-ring (bicyclic) bond motifs is 1. The van der Waals surface area contributed by atoms with Crippen LogP contribution in [0.2, 0.25) is 0 Å². The Bertz CT molecular complexity index is 882. The first-order valence-corrected chi connectivity index (χ1v) is 7.84. The zero-order valence-corrected chi connectivity index (χ0v) is 13.6. The molecule has 1 heterocycles. The molecule has 1 aromatic heterocycles. The molecule has 0 radical (unpaired) electrons. The van der Waals surface area contributed by atoms with Gasteiger partial charge in [0.2, 0.25) is 0 Å². The standard InChI is InChI=1S/C17H15N3O2S/c1-19(2)14-5-3-13(4-6-14)18-11-16-10-12-9-15(20(21)22)7-8-17(12)23-16/h3-11H,1-2H3. The zero-order valence-electron chi connectivity index (χ0n) is 12.8. The lowest BCUT2D eigenvalue weighted by Crippen LogP contribution is -2.07. The Kier molecular flexibility index (Phi) is 4.08. The molecule has 3 rings (SSSR count). The van der Waals surface area contributed by atoms with Crippen LogP contribution in [-0.4, -0.2) is 25.2 Å². The van der Waals surface area contributed by atoms with Gasteiger partial charge in [0.15, 0.2) is 0 Å². The van der Waals surface area contributed by atoms with Crippen molar-refractivity contribution in [1.82, 2.24) is 0 Å². The Morgan fingerprint density at radius 1 is 1.13 bits per heavy atom. The molecule has 2 aromatic carbocycles. The first-order chi connectivity index (χ1) is 11.0. The molecular formula is C17H15N3O2S. The molecule has 6 heteroatoms. The maximum atomic E-state index is 10.8. The molecule has 23 heavy (non-hydrogen) atoms. The van der Waals surface area contributed by atoms with Crippen molar-refractivity contribution in [2.45, 2.75) is 0 Å². The number of nitro benzene ring substituents is 1. The number of thiophene rings is 1. The minimum Gasteiger partial charge on any atom is -0.378 e. The number of rotatable bonds is 4. The Balaban J connectivity index is 1.84. The van der Waals surface area contributed by atoms with Gasteiger partial charge in [-0.2, -0.15) is 0 Å². The number of aliphatic imine (C=N–C) groups is 1. The third kappa shape index (κ3) is 3.37. The van der Waals surface area contributed by atoms with Gasteiger partial charge in [-0.1, -0.05) is 0 Å². The Labute approximate surface area is 137 Å². The van der Waals surface area contributed by atoms with Crippen molar-refractivity contribution < 1.29 is 4.92 Å². The molecule has 116 valence electrons. The fourth-order valence-electron chi connectivity index (χ4n) is 2.20. The van der Waals surface area contributed by atoms with Crippen molar-refractivity contribution in [2.24, 2.45) is 4.99 Å². The minimum absolute atomic E-state index is 0.109. The highest BCUT2D eigenvalue weighted by atomic mass is 32.1. The average molecular weight is 325 g/mol. The topological polar surface area (TPSA) is 58.7 Å². The summed E-state index contributed by atoms with van der Waals surface area (Å²) in [5.41, 5.74) is 2.11. The summed E-state index contributed by atoms with van der Waals surface area (Å²) in [5.74, 6) is 0. The van der Waals surface area contributed by atoms with Crippen LogP contribution in [0.4, 0.5) is 17.1 Å². The van der Waals surface area contributed by atoms with Gasteiger partial charge in [0.25, 0.3) is 5.69 Å². The highest BCUT2D eigenvalue weighted by Crippen LogP contribution is 2.28. The molecule has 0 saturated heterocycles. The van der Waals surface area contributed by atoms with Crippen LogP contribution >= 0.6 is 11.3 Å². The molecule has 0 fully saturated rings. The van der Waals surface area contributed by atoms with E-state index in [0.717, 1.165) is 26.3 Å². The lowest BCUT2D eigenvalue weighted by Gasteiger charge is -2.11. The number of nitro groups is 1. The lowest BCUT2D eigenvalue weighted by molar-refractivity contribution is -0.384. The highest BCUT2D eigenvalue weighted by molar-refractivity contribution is 7.20. The van der Waals surface area contributed by atoms with E-state index in [0.29, 0.717) is 0 Å². The van der Waals surface area contributed by atoms with E-state index in [2.05, 4.69) is 4.99 Å². The highest BCUT2D eigenvalue weighted by Gasteiger charge is 2.08. The van der Waals surface area contributed by atoms with Gasteiger partial charge >= 0.3 is 0 Å². The first kappa shape index (κ1) is 15.2. The van der Waals surface area contributed by atoms with Gasteiger partial charge in [-0.3, -0.25) is 15.1 Å². The normalized spacial score (nSPS) is 11.2. The second kappa shape index (κ2) is 6.18. The first-order valence-electron chi connectivity index (χ1n) is 7.02. The second-order valence-corrected chi connectivity index (χ2v) is 6.41. The molecule has 0 atom stereocenters. The van der Waals surface area contributed by atoms with Crippen molar-refractivity contribution in [3.8, 4) is 0 Å². The van der Waals surface area contributed by atoms with Crippen molar-refractivity contribution >= 4 is 44.7 Å². The van der Waals surface area contributed by atoms with E-state index in [9.17, 15) is 10.1 Å². The third-order valence-corrected chi connectivity index (χ3v) is 4.49. The second-order valence-electron chi connectivity index (χ2n) is 5.30. The molecule has 0 spiro atoms. The number of non-ortho nitro benzene ring substituents is 1. The summed E-state index contributed by atoms with van der Waals surface area (Å²) in [5, 5.41) is 11.7. The van der Waals surface area contributed by atoms with Crippen LogP contribution in [0.3, 0.4) is 0 Å². The maximum absolute atomic E-state index is 10.8. The van der Waals surface area contributed by atoms with Gasteiger partial charge in [-0.05, 0) is 41.8 Å². The number of nitrogens with zero attached hydrogens (tertiary/aromatic N) is 3. The quantitative estimate of drug-likeness (QED) is 0.399. The minimum atomic E-state index is -0.378. The summed E-state index contributed by atoms with van der Waals surface area (Å²) in [6, 6.07) is 14.8. The van der Waals surface area contributed by atoms with E-state index in [1.165, 1.54) is 6.07 Å². The molecular weight excluding hydrogens is 310 g/mol. The Morgan fingerprint density at radius 3 is 2.52 bits per heavy atom. The van der Waals surface area contributed by atoms with Crippen LogP contribution in [0.25, 0.3) is 10.1 Å². The fourth-order valence-corrected chi connectivity index (χ4v) is 3.12. The fraction of sp³-hybridized carbons (Fsp3) is 0.118. The average Bonchev–Trinajstić information content (AvgIpc) is 2.95. The van der Waals surface area contributed by atoms with Gasteiger partial charge in [-0.25, -0.2) is 0 Å². The predicted molar refractivity (Wildman–Crippen MR) is 96.5 cm³/mol.